The van der Waals surface area contributed by atoms with Crippen LogP contribution in [0.4, 0.5) is 21.9 Å². The van der Waals surface area contributed by atoms with Gasteiger partial charge in [-0.2, -0.15) is 0 Å². The Morgan fingerprint density at radius 3 is 2.03 bits per heavy atom. The molecule has 32 heavy (non-hydrogen) atoms. The summed E-state index contributed by atoms with van der Waals surface area (Å²) in [4.78, 5) is 26.3. The van der Waals surface area contributed by atoms with Gasteiger partial charge in [0, 0.05) is 18.8 Å². The van der Waals surface area contributed by atoms with Crippen LogP contribution < -0.4 is 15.5 Å². The number of carbonyl (C=O) groups is 2. The topological polar surface area (TPSA) is 81.7 Å². The van der Waals surface area contributed by atoms with Gasteiger partial charge in [-0.1, -0.05) is 58.4 Å². The molecule has 6 heteroatoms. The number of urea groups is 1. The molecule has 0 heterocycles. The van der Waals surface area contributed by atoms with Gasteiger partial charge in [-0.05, 0) is 54.5 Å². The van der Waals surface area contributed by atoms with Crippen LogP contribution in [0.1, 0.15) is 58.1 Å². The van der Waals surface area contributed by atoms with E-state index in [9.17, 15) is 14.7 Å². The van der Waals surface area contributed by atoms with Crippen molar-refractivity contribution in [3.8, 4) is 0 Å². The van der Waals surface area contributed by atoms with Gasteiger partial charge in [0.1, 0.15) is 0 Å². The van der Waals surface area contributed by atoms with Crippen LogP contribution in [0.3, 0.4) is 0 Å². The highest BCUT2D eigenvalue weighted by Gasteiger charge is 2.19. The molecular formula is C26H37N3O3. The maximum absolute atomic E-state index is 12.8. The van der Waals surface area contributed by atoms with Gasteiger partial charge in [0.15, 0.2) is 0 Å². The predicted octanol–water partition coefficient (Wildman–Crippen LogP) is 6.34. The minimum atomic E-state index is -0.838. The van der Waals surface area contributed by atoms with Crippen LogP contribution in [0.5, 0.6) is 0 Å². The van der Waals surface area contributed by atoms with Crippen molar-refractivity contribution in [2.24, 2.45) is 11.8 Å². The van der Waals surface area contributed by atoms with E-state index in [0.29, 0.717) is 23.2 Å². The van der Waals surface area contributed by atoms with Crippen LogP contribution in [-0.4, -0.2) is 30.2 Å². The van der Waals surface area contributed by atoms with Crippen molar-refractivity contribution >= 4 is 29.1 Å². The van der Waals surface area contributed by atoms with Gasteiger partial charge >= 0.3 is 12.0 Å². The fraction of sp³-hybridized carbons (Fsp3) is 0.462. The van der Waals surface area contributed by atoms with Crippen molar-refractivity contribution in [2.45, 2.75) is 53.9 Å². The molecule has 3 N–H and O–H groups in total. The second-order valence-electron chi connectivity index (χ2n) is 9.41. The number of carboxylic acid groups (broad SMARTS) is 1. The lowest BCUT2D eigenvalue weighted by atomic mass is 9.96. The monoisotopic (exact) mass is 439 g/mol. The van der Waals surface area contributed by atoms with E-state index in [-0.39, 0.29) is 18.4 Å². The summed E-state index contributed by atoms with van der Waals surface area (Å²) in [5.41, 5.74) is 4.35. The maximum Gasteiger partial charge on any atom is 0.323 e. The van der Waals surface area contributed by atoms with Gasteiger partial charge in [0.2, 0.25) is 0 Å². The number of benzene rings is 2. The summed E-state index contributed by atoms with van der Waals surface area (Å²) in [5.74, 6) is -0.0949. The number of amides is 2. The van der Waals surface area contributed by atoms with Gasteiger partial charge < -0.3 is 20.6 Å². The third-order valence-corrected chi connectivity index (χ3v) is 5.14. The molecule has 0 fully saturated rings. The lowest BCUT2D eigenvalue weighted by Gasteiger charge is -2.31. The van der Waals surface area contributed by atoms with E-state index in [4.69, 9.17) is 0 Å². The normalized spacial score (nSPS) is 12.0. The highest BCUT2D eigenvalue weighted by molar-refractivity contribution is 6.02. The fourth-order valence-corrected chi connectivity index (χ4v) is 3.69. The number of nitrogens with zero attached hydrogens (tertiary/aromatic N) is 1. The molecule has 0 saturated carbocycles. The number of anilines is 3. The number of carboxylic acids is 1. The first kappa shape index (κ1) is 25.2. The Balaban J connectivity index is 2.37. The van der Waals surface area contributed by atoms with Crippen molar-refractivity contribution in [2.75, 3.05) is 28.6 Å². The first-order valence-corrected chi connectivity index (χ1v) is 11.3. The molecular weight excluding hydrogens is 402 g/mol. The van der Waals surface area contributed by atoms with Gasteiger partial charge in [-0.15, -0.1) is 0 Å². The number of hydrogen-bond acceptors (Lipinski definition) is 3. The number of hydrogen-bond donors (Lipinski definition) is 3. The standard InChI is InChI=1S/C26H37N3O3/c1-17(2)15-29(16-18(3)4)24-12-9-21(20(6)13-25(30)31)14-23(24)28-26(32)27-22-10-7-19(5)8-11-22/h7-12,14,17-18,20H,13,15-16H2,1-6H3,(H,30,31)(H2,27,28,32). The summed E-state index contributed by atoms with van der Waals surface area (Å²) < 4.78 is 0. The van der Waals surface area contributed by atoms with E-state index in [1.165, 1.54) is 0 Å². The van der Waals surface area contributed by atoms with Gasteiger partial charge in [0.05, 0.1) is 17.8 Å². The Morgan fingerprint density at radius 2 is 1.50 bits per heavy atom. The van der Waals surface area contributed by atoms with E-state index in [1.807, 2.05) is 56.3 Å². The molecule has 2 rings (SSSR count). The lowest BCUT2D eigenvalue weighted by molar-refractivity contribution is -0.137. The molecule has 0 saturated heterocycles. The Morgan fingerprint density at radius 1 is 0.906 bits per heavy atom. The first-order valence-electron chi connectivity index (χ1n) is 11.3. The van der Waals surface area contributed by atoms with E-state index in [2.05, 4.69) is 43.2 Å². The summed E-state index contributed by atoms with van der Waals surface area (Å²) in [6.45, 7) is 14.3. The molecule has 0 aliphatic carbocycles. The molecule has 1 unspecified atom stereocenters. The number of nitrogens with one attached hydrogen (secondary N) is 2. The second kappa shape index (κ2) is 11.6. The number of aliphatic carboxylic acids is 1. The zero-order chi connectivity index (χ0) is 23.8. The van der Waals surface area contributed by atoms with Gasteiger partial charge in [0.25, 0.3) is 0 Å². The second-order valence-corrected chi connectivity index (χ2v) is 9.41. The van der Waals surface area contributed by atoms with Crippen LogP contribution in [0.25, 0.3) is 0 Å². The summed E-state index contributed by atoms with van der Waals surface area (Å²) in [7, 11) is 0. The summed E-state index contributed by atoms with van der Waals surface area (Å²) in [5, 5.41) is 15.1. The van der Waals surface area contributed by atoms with Crippen LogP contribution in [-0.2, 0) is 4.79 Å². The largest absolute Gasteiger partial charge is 0.481 e. The predicted molar refractivity (Wildman–Crippen MR) is 133 cm³/mol. The van der Waals surface area contributed by atoms with E-state index < -0.39 is 5.97 Å². The van der Waals surface area contributed by atoms with E-state index in [0.717, 1.165) is 29.9 Å². The molecule has 2 amide bonds. The lowest BCUT2D eigenvalue weighted by Crippen LogP contribution is -2.32. The average Bonchev–Trinajstić information content (AvgIpc) is 2.68. The Bertz CT molecular complexity index is 897. The number of carbonyl (C=O) groups excluding carboxylic acids is 1. The van der Waals surface area contributed by atoms with Crippen LogP contribution in [0, 0.1) is 18.8 Å². The first-order chi connectivity index (χ1) is 15.0. The summed E-state index contributed by atoms with van der Waals surface area (Å²) >= 11 is 0. The third kappa shape index (κ3) is 7.91. The van der Waals surface area contributed by atoms with Crippen molar-refractivity contribution < 1.29 is 14.7 Å². The summed E-state index contributed by atoms with van der Waals surface area (Å²) in [6.07, 6.45) is 0.0377. The van der Waals surface area contributed by atoms with E-state index in [1.54, 1.807) is 0 Å². The smallest absolute Gasteiger partial charge is 0.323 e. The average molecular weight is 440 g/mol. The molecule has 0 aliphatic rings. The highest BCUT2D eigenvalue weighted by Crippen LogP contribution is 2.32. The summed E-state index contributed by atoms with van der Waals surface area (Å²) in [6, 6.07) is 13.2. The minimum absolute atomic E-state index is 0.0377. The third-order valence-electron chi connectivity index (χ3n) is 5.14. The molecule has 6 nitrogen and oxygen atoms in total. The molecule has 0 aliphatic heterocycles. The highest BCUT2D eigenvalue weighted by atomic mass is 16.4. The Kier molecular flexibility index (Phi) is 9.12. The van der Waals surface area contributed by atoms with Crippen LogP contribution >= 0.6 is 0 Å². The molecule has 0 spiro atoms. The molecule has 0 bridgehead atoms. The zero-order valence-electron chi connectivity index (χ0n) is 20.1. The van der Waals surface area contributed by atoms with Crippen molar-refractivity contribution in [3.63, 3.8) is 0 Å². The minimum Gasteiger partial charge on any atom is -0.481 e. The molecule has 0 radical (unpaired) electrons. The van der Waals surface area contributed by atoms with Gasteiger partial charge in [-0.25, -0.2) is 4.79 Å². The number of aryl methyl sites for hydroxylation is 1. The molecule has 174 valence electrons. The Labute approximate surface area is 192 Å². The Hall–Kier alpha value is -3.02. The maximum atomic E-state index is 12.8. The van der Waals surface area contributed by atoms with Crippen molar-refractivity contribution in [1.82, 2.24) is 0 Å². The van der Waals surface area contributed by atoms with Gasteiger partial charge in [-0.3, -0.25) is 4.79 Å². The number of rotatable bonds is 10. The van der Waals surface area contributed by atoms with Crippen molar-refractivity contribution in [1.29, 1.82) is 0 Å². The quantitative estimate of drug-likeness (QED) is 0.404. The van der Waals surface area contributed by atoms with Crippen LogP contribution in [0.15, 0.2) is 42.5 Å². The van der Waals surface area contributed by atoms with Crippen molar-refractivity contribution in [3.05, 3.63) is 53.6 Å². The SMILES string of the molecule is Cc1ccc(NC(=O)Nc2cc(C(C)CC(=O)O)ccc2N(CC(C)C)CC(C)C)cc1. The zero-order valence-corrected chi connectivity index (χ0v) is 20.1. The molecule has 2 aromatic carbocycles. The van der Waals surface area contributed by atoms with E-state index >= 15 is 0 Å². The fourth-order valence-electron chi connectivity index (χ4n) is 3.69. The van der Waals surface area contributed by atoms with Crippen LogP contribution in [0.2, 0.25) is 0 Å². The molecule has 2 aromatic rings. The molecule has 1 atom stereocenters. The molecule has 0 aromatic heterocycles.